The molecular weight excluding hydrogens is 276 g/mol. The first-order chi connectivity index (χ1) is 9.36. The first-order valence-corrected chi connectivity index (χ1v) is 7.41. The van der Waals surface area contributed by atoms with Crippen molar-refractivity contribution < 1.29 is 14.3 Å². The van der Waals surface area contributed by atoms with E-state index in [1.807, 2.05) is 40.7 Å². The zero-order valence-electron chi connectivity index (χ0n) is 12.8. The lowest BCUT2D eigenvalue weighted by atomic mass is 9.99. The molecule has 0 amide bonds. The first kappa shape index (κ1) is 16.8. The van der Waals surface area contributed by atoms with Crippen LogP contribution in [-0.4, -0.2) is 18.7 Å². The summed E-state index contributed by atoms with van der Waals surface area (Å²) in [5, 5.41) is 0.522. The number of hydrogen-bond acceptors (Lipinski definition) is 3. The zero-order valence-corrected chi connectivity index (χ0v) is 13.6. The van der Waals surface area contributed by atoms with E-state index >= 15 is 0 Å². The van der Waals surface area contributed by atoms with Gasteiger partial charge in [0.1, 0.15) is 11.3 Å². The van der Waals surface area contributed by atoms with Crippen LogP contribution in [0.3, 0.4) is 0 Å². The summed E-state index contributed by atoms with van der Waals surface area (Å²) in [5.41, 5.74) is 1.34. The fraction of sp³-hybridized carbons (Fsp3) is 0.562. The lowest BCUT2D eigenvalue weighted by Crippen LogP contribution is -2.14. The minimum atomic E-state index is -0.393. The summed E-state index contributed by atoms with van der Waals surface area (Å²) in [4.78, 5) is 12.2. The third kappa shape index (κ3) is 4.41. The molecule has 0 aliphatic heterocycles. The quantitative estimate of drug-likeness (QED) is 0.706. The number of benzene rings is 1. The summed E-state index contributed by atoms with van der Waals surface area (Å²) in [5.74, 6) is 0.415. The van der Waals surface area contributed by atoms with Crippen molar-refractivity contribution in [1.82, 2.24) is 0 Å². The third-order valence-electron chi connectivity index (χ3n) is 2.72. The topological polar surface area (TPSA) is 35.5 Å². The number of carbonyl (C=O) groups excluding carboxylic acids is 1. The highest BCUT2D eigenvalue weighted by atomic mass is 35.5. The van der Waals surface area contributed by atoms with Gasteiger partial charge in [0, 0.05) is 5.02 Å². The molecule has 0 radical (unpaired) electrons. The van der Waals surface area contributed by atoms with Crippen molar-refractivity contribution in [3.8, 4) is 5.75 Å². The smallest absolute Gasteiger partial charge is 0.342 e. The Morgan fingerprint density at radius 3 is 2.40 bits per heavy atom. The number of esters is 1. The van der Waals surface area contributed by atoms with Gasteiger partial charge in [0.15, 0.2) is 0 Å². The van der Waals surface area contributed by atoms with Crippen molar-refractivity contribution in [1.29, 1.82) is 0 Å². The molecule has 0 aromatic heterocycles. The summed E-state index contributed by atoms with van der Waals surface area (Å²) in [7, 11) is 0. The summed E-state index contributed by atoms with van der Waals surface area (Å²) in [6, 6.07) is 3.46. The lowest BCUT2D eigenvalue weighted by Gasteiger charge is -2.18. The summed E-state index contributed by atoms with van der Waals surface area (Å²) in [6.07, 6.45) is 0.696. The van der Waals surface area contributed by atoms with E-state index in [4.69, 9.17) is 21.1 Å². The second-order valence-electron chi connectivity index (χ2n) is 5.33. The highest BCUT2D eigenvalue weighted by Gasteiger charge is 2.21. The highest BCUT2D eigenvalue weighted by molar-refractivity contribution is 6.31. The third-order valence-corrected chi connectivity index (χ3v) is 2.94. The number of ether oxygens (including phenoxy) is 2. The summed E-state index contributed by atoms with van der Waals surface area (Å²) >= 11 is 6.12. The molecule has 0 saturated carbocycles. The maximum atomic E-state index is 12.2. The van der Waals surface area contributed by atoms with E-state index in [2.05, 4.69) is 0 Å². The number of hydrogen-bond donors (Lipinski definition) is 0. The normalized spacial score (nSPS) is 11.0. The predicted molar refractivity (Wildman–Crippen MR) is 81.9 cm³/mol. The van der Waals surface area contributed by atoms with E-state index in [-0.39, 0.29) is 12.0 Å². The van der Waals surface area contributed by atoms with E-state index in [1.54, 1.807) is 6.07 Å². The highest BCUT2D eigenvalue weighted by Crippen LogP contribution is 2.34. The average molecular weight is 299 g/mol. The molecule has 1 aromatic carbocycles. The van der Waals surface area contributed by atoms with Gasteiger partial charge in [-0.15, -0.1) is 0 Å². The molecule has 0 N–H and O–H groups in total. The molecular formula is C16H23ClO3. The van der Waals surface area contributed by atoms with Gasteiger partial charge in [0.2, 0.25) is 0 Å². The van der Waals surface area contributed by atoms with Gasteiger partial charge in [-0.3, -0.25) is 0 Å². The van der Waals surface area contributed by atoms with Gasteiger partial charge < -0.3 is 9.47 Å². The van der Waals surface area contributed by atoms with Crippen LogP contribution in [0, 0.1) is 0 Å². The second-order valence-corrected chi connectivity index (χ2v) is 5.77. The molecule has 0 aliphatic carbocycles. The van der Waals surface area contributed by atoms with Gasteiger partial charge in [-0.25, -0.2) is 4.79 Å². The molecule has 0 fully saturated rings. The van der Waals surface area contributed by atoms with Crippen LogP contribution in [-0.2, 0) is 4.74 Å². The van der Waals surface area contributed by atoms with Crippen molar-refractivity contribution in [2.45, 2.75) is 53.1 Å². The van der Waals surface area contributed by atoms with Crippen molar-refractivity contribution >= 4 is 17.6 Å². The largest absolute Gasteiger partial charge is 0.492 e. The van der Waals surface area contributed by atoms with Gasteiger partial charge in [-0.05, 0) is 43.9 Å². The maximum Gasteiger partial charge on any atom is 0.342 e. The standard InChI is InChI=1S/C16H23ClO3/c1-6-7-19-15-13(10(2)3)8-12(17)9-14(15)16(18)20-11(4)5/h8-11H,6-7H2,1-5H3. The molecule has 3 nitrogen and oxygen atoms in total. The van der Waals surface area contributed by atoms with Gasteiger partial charge in [-0.1, -0.05) is 32.4 Å². The van der Waals surface area contributed by atoms with Crippen LogP contribution in [0.25, 0.3) is 0 Å². The van der Waals surface area contributed by atoms with Crippen LogP contribution in [0.5, 0.6) is 5.75 Å². The molecule has 1 aromatic rings. The molecule has 0 saturated heterocycles. The van der Waals surface area contributed by atoms with Crippen molar-refractivity contribution in [3.05, 3.63) is 28.3 Å². The van der Waals surface area contributed by atoms with Crippen LogP contribution in [0.2, 0.25) is 5.02 Å². The molecule has 112 valence electrons. The Labute approximate surface area is 126 Å². The number of rotatable bonds is 6. The SMILES string of the molecule is CCCOc1c(C(=O)OC(C)C)cc(Cl)cc1C(C)C. The van der Waals surface area contributed by atoms with Gasteiger partial charge in [-0.2, -0.15) is 0 Å². The molecule has 0 heterocycles. The molecule has 0 spiro atoms. The molecule has 1 rings (SSSR count). The van der Waals surface area contributed by atoms with E-state index in [1.165, 1.54) is 0 Å². The molecule has 0 aliphatic rings. The Bertz CT molecular complexity index is 467. The van der Waals surface area contributed by atoms with Crippen LogP contribution >= 0.6 is 11.6 Å². The Morgan fingerprint density at radius 2 is 1.90 bits per heavy atom. The fourth-order valence-corrected chi connectivity index (χ4v) is 2.06. The Morgan fingerprint density at radius 1 is 1.25 bits per heavy atom. The number of carbonyl (C=O) groups is 1. The van der Waals surface area contributed by atoms with Gasteiger partial charge in [0.25, 0.3) is 0 Å². The van der Waals surface area contributed by atoms with Crippen molar-refractivity contribution in [2.24, 2.45) is 0 Å². The Balaban J connectivity index is 3.28. The Hall–Kier alpha value is -1.22. The monoisotopic (exact) mass is 298 g/mol. The van der Waals surface area contributed by atoms with Crippen LogP contribution in [0.4, 0.5) is 0 Å². The first-order valence-electron chi connectivity index (χ1n) is 7.04. The number of halogens is 1. The van der Waals surface area contributed by atoms with Crippen molar-refractivity contribution in [3.63, 3.8) is 0 Å². The average Bonchev–Trinajstić information content (AvgIpc) is 2.35. The molecule has 0 atom stereocenters. The molecule has 0 bridgehead atoms. The second kappa shape index (κ2) is 7.53. The van der Waals surface area contributed by atoms with Crippen LogP contribution in [0.15, 0.2) is 12.1 Å². The molecule has 4 heteroatoms. The summed E-state index contributed by atoms with van der Waals surface area (Å²) < 4.78 is 11.0. The predicted octanol–water partition coefficient (Wildman–Crippen LogP) is 4.82. The zero-order chi connectivity index (χ0) is 15.3. The van der Waals surface area contributed by atoms with Gasteiger partial charge in [0.05, 0.1) is 12.7 Å². The lowest BCUT2D eigenvalue weighted by molar-refractivity contribution is 0.0373. The summed E-state index contributed by atoms with van der Waals surface area (Å²) in [6.45, 7) is 10.3. The van der Waals surface area contributed by atoms with Crippen molar-refractivity contribution in [2.75, 3.05) is 6.61 Å². The van der Waals surface area contributed by atoms with E-state index < -0.39 is 5.97 Å². The maximum absolute atomic E-state index is 12.2. The van der Waals surface area contributed by atoms with E-state index in [0.717, 1.165) is 12.0 Å². The fourth-order valence-electron chi connectivity index (χ4n) is 1.84. The van der Waals surface area contributed by atoms with E-state index in [0.29, 0.717) is 22.9 Å². The minimum Gasteiger partial charge on any atom is -0.492 e. The van der Waals surface area contributed by atoms with Crippen LogP contribution in [0.1, 0.15) is 62.9 Å². The molecule has 20 heavy (non-hydrogen) atoms. The minimum absolute atomic E-state index is 0.178. The Kier molecular flexibility index (Phi) is 6.34. The van der Waals surface area contributed by atoms with Gasteiger partial charge >= 0.3 is 5.97 Å². The van der Waals surface area contributed by atoms with E-state index in [9.17, 15) is 4.79 Å². The van der Waals surface area contributed by atoms with Crippen LogP contribution < -0.4 is 4.74 Å². The molecule has 0 unspecified atom stereocenters.